The fourth-order valence-electron chi connectivity index (χ4n) is 1.96. The monoisotopic (exact) mass is 315 g/mol. The van der Waals surface area contributed by atoms with E-state index in [1.807, 2.05) is 0 Å². The molecule has 2 heterocycles. The van der Waals surface area contributed by atoms with Gasteiger partial charge in [-0.1, -0.05) is 12.1 Å². The van der Waals surface area contributed by atoms with E-state index in [0.29, 0.717) is 16.8 Å². The molecule has 0 fully saturated rings. The van der Waals surface area contributed by atoms with Crippen LogP contribution < -0.4 is 10.4 Å². The molecule has 0 spiro atoms. The first-order valence-corrected chi connectivity index (χ1v) is 6.97. The second kappa shape index (κ2) is 5.99. The maximum atomic E-state index is 12.1. The molecular weight excluding hydrogens is 306 g/mol. The molecule has 0 aliphatic rings. The van der Waals surface area contributed by atoms with Crippen LogP contribution in [0.25, 0.3) is 11.0 Å². The van der Waals surface area contributed by atoms with E-state index < -0.39 is 11.6 Å². The zero-order chi connectivity index (χ0) is 15.5. The van der Waals surface area contributed by atoms with Gasteiger partial charge in [0, 0.05) is 23.5 Å². The molecule has 0 atom stereocenters. The maximum absolute atomic E-state index is 12.1. The molecule has 0 aliphatic carbocycles. The number of fused-ring (bicyclic) bond motifs is 1. The molecule has 3 rings (SSSR count). The van der Waals surface area contributed by atoms with Crippen molar-refractivity contribution in [3.05, 3.63) is 70.2 Å². The fourth-order valence-corrected chi connectivity index (χ4v) is 2.12. The van der Waals surface area contributed by atoms with Crippen molar-refractivity contribution in [2.75, 3.05) is 0 Å². The van der Waals surface area contributed by atoms with Gasteiger partial charge >= 0.3 is 11.6 Å². The fraction of sp³-hybridized carbons (Fsp3) is 0.0625. The summed E-state index contributed by atoms with van der Waals surface area (Å²) in [6, 6.07) is 11.5. The minimum absolute atomic E-state index is 0.113. The minimum Gasteiger partial charge on any atom is -0.422 e. The van der Waals surface area contributed by atoms with Crippen LogP contribution >= 0.6 is 11.6 Å². The Morgan fingerprint density at radius 1 is 1.23 bits per heavy atom. The molecule has 0 bridgehead atoms. The van der Waals surface area contributed by atoms with Gasteiger partial charge in [0.1, 0.15) is 11.1 Å². The van der Waals surface area contributed by atoms with Gasteiger partial charge in [-0.2, -0.15) is 0 Å². The summed E-state index contributed by atoms with van der Waals surface area (Å²) < 4.78 is 10.2. The Labute approximate surface area is 130 Å². The van der Waals surface area contributed by atoms with E-state index >= 15 is 0 Å². The summed E-state index contributed by atoms with van der Waals surface area (Å²) in [4.78, 5) is 27.9. The van der Waals surface area contributed by atoms with Gasteiger partial charge in [0.25, 0.3) is 0 Å². The molecule has 2 aromatic heterocycles. The van der Waals surface area contributed by atoms with Crippen LogP contribution in [0.2, 0.25) is 0 Å². The number of pyridine rings is 1. The van der Waals surface area contributed by atoms with E-state index in [0.717, 1.165) is 5.56 Å². The molecule has 22 heavy (non-hydrogen) atoms. The molecule has 0 saturated heterocycles. The van der Waals surface area contributed by atoms with Crippen molar-refractivity contribution in [3.8, 4) is 5.88 Å². The molecule has 0 N–H and O–H groups in total. The van der Waals surface area contributed by atoms with E-state index in [2.05, 4.69) is 4.98 Å². The van der Waals surface area contributed by atoms with Crippen LogP contribution in [0.4, 0.5) is 0 Å². The normalized spacial score (nSPS) is 10.6. The number of aromatic nitrogens is 1. The summed E-state index contributed by atoms with van der Waals surface area (Å²) in [6.45, 7) is 0. The lowest BCUT2D eigenvalue weighted by Crippen LogP contribution is -2.19. The number of hydrogen-bond acceptors (Lipinski definition) is 5. The average molecular weight is 316 g/mol. The number of alkyl halides is 1. The van der Waals surface area contributed by atoms with Crippen LogP contribution in [0.5, 0.6) is 5.88 Å². The summed E-state index contributed by atoms with van der Waals surface area (Å²) >= 11 is 5.78. The second-order valence-electron chi connectivity index (χ2n) is 4.51. The molecule has 1 aromatic carbocycles. The van der Waals surface area contributed by atoms with Crippen LogP contribution in [0.15, 0.2) is 57.9 Å². The highest BCUT2D eigenvalue weighted by Gasteiger charge is 2.16. The summed E-state index contributed by atoms with van der Waals surface area (Å²) in [5.41, 5.74) is 0.289. The van der Waals surface area contributed by atoms with Crippen LogP contribution in [-0.2, 0) is 5.88 Å². The van der Waals surface area contributed by atoms with Gasteiger partial charge < -0.3 is 9.15 Å². The van der Waals surface area contributed by atoms with Gasteiger partial charge in [0.2, 0.25) is 5.88 Å². The molecule has 6 heteroatoms. The van der Waals surface area contributed by atoms with Crippen molar-refractivity contribution in [3.63, 3.8) is 0 Å². The summed E-state index contributed by atoms with van der Waals surface area (Å²) in [7, 11) is 0. The van der Waals surface area contributed by atoms with Crippen molar-refractivity contribution >= 4 is 28.5 Å². The minimum atomic E-state index is -0.814. The third-order valence-electron chi connectivity index (χ3n) is 3.01. The predicted octanol–water partition coefficient (Wildman–Crippen LogP) is 3.15. The highest BCUT2D eigenvalue weighted by atomic mass is 35.5. The first-order chi connectivity index (χ1) is 10.7. The number of halogens is 1. The van der Waals surface area contributed by atoms with E-state index in [4.69, 9.17) is 20.8 Å². The molecular formula is C16H10ClNO4. The van der Waals surface area contributed by atoms with Gasteiger partial charge in [-0.05, 0) is 29.8 Å². The average Bonchev–Trinajstić information content (AvgIpc) is 2.54. The first-order valence-electron chi connectivity index (χ1n) is 6.43. The van der Waals surface area contributed by atoms with Crippen LogP contribution in [-0.4, -0.2) is 11.0 Å². The second-order valence-corrected chi connectivity index (χ2v) is 4.78. The Morgan fingerprint density at radius 3 is 2.82 bits per heavy atom. The molecule has 0 unspecified atom stereocenters. The van der Waals surface area contributed by atoms with Crippen molar-refractivity contribution < 1.29 is 13.9 Å². The largest absolute Gasteiger partial charge is 0.422 e. The summed E-state index contributed by atoms with van der Waals surface area (Å²) in [6.07, 6.45) is 1.48. The van der Waals surface area contributed by atoms with Crippen molar-refractivity contribution in [2.45, 2.75) is 5.88 Å². The summed E-state index contributed by atoms with van der Waals surface area (Å²) in [5.74, 6) is -0.380. The Hall–Kier alpha value is -2.66. The number of carbonyl (C=O) groups excluding carboxylic acids is 1. The quantitative estimate of drug-likeness (QED) is 0.422. The van der Waals surface area contributed by atoms with Crippen LogP contribution in [0, 0.1) is 0 Å². The third-order valence-corrected chi connectivity index (χ3v) is 3.31. The van der Waals surface area contributed by atoms with E-state index in [1.165, 1.54) is 18.3 Å². The highest BCUT2D eigenvalue weighted by Crippen LogP contribution is 2.17. The molecule has 0 radical (unpaired) electrons. The number of ether oxygens (including phenoxy) is 1. The summed E-state index contributed by atoms with van der Waals surface area (Å²) in [5, 5.41) is 0.603. The third kappa shape index (κ3) is 2.84. The van der Waals surface area contributed by atoms with Crippen molar-refractivity contribution in [1.29, 1.82) is 0 Å². The standard InChI is InChI=1S/C16H10ClNO4/c17-9-10-4-5-13-11(7-10)8-12(15(19)21-13)16(20)22-14-3-1-2-6-18-14/h1-8H,9H2. The van der Waals surface area contributed by atoms with Crippen LogP contribution in [0.3, 0.4) is 0 Å². The first kappa shape index (κ1) is 14.3. The van der Waals surface area contributed by atoms with Gasteiger partial charge in [-0.25, -0.2) is 14.6 Å². The lowest BCUT2D eigenvalue weighted by atomic mass is 10.1. The molecule has 0 amide bonds. The number of hydrogen-bond donors (Lipinski definition) is 0. The molecule has 0 aliphatic heterocycles. The molecule has 110 valence electrons. The highest BCUT2D eigenvalue weighted by molar-refractivity contribution is 6.17. The van der Waals surface area contributed by atoms with Gasteiger partial charge in [0.05, 0.1) is 0 Å². The lowest BCUT2D eigenvalue weighted by molar-refractivity contribution is 0.0723. The number of nitrogens with zero attached hydrogens (tertiary/aromatic N) is 1. The SMILES string of the molecule is O=C(Oc1ccccn1)c1cc2cc(CCl)ccc2oc1=O. The zero-order valence-corrected chi connectivity index (χ0v) is 12.0. The number of benzene rings is 1. The Bertz CT molecular complexity index is 890. The zero-order valence-electron chi connectivity index (χ0n) is 11.3. The smallest absolute Gasteiger partial charge is 0.352 e. The van der Waals surface area contributed by atoms with E-state index in [1.54, 1.807) is 30.3 Å². The number of carbonyl (C=O) groups is 1. The Kier molecular flexibility index (Phi) is 3.89. The van der Waals surface area contributed by atoms with Gasteiger partial charge in [-0.3, -0.25) is 0 Å². The van der Waals surface area contributed by atoms with Gasteiger partial charge in [-0.15, -0.1) is 11.6 Å². The van der Waals surface area contributed by atoms with Crippen LogP contribution in [0.1, 0.15) is 15.9 Å². The van der Waals surface area contributed by atoms with Crippen molar-refractivity contribution in [1.82, 2.24) is 4.98 Å². The topological polar surface area (TPSA) is 69.4 Å². The van der Waals surface area contributed by atoms with E-state index in [-0.39, 0.29) is 11.4 Å². The van der Waals surface area contributed by atoms with E-state index in [9.17, 15) is 9.59 Å². The number of esters is 1. The Balaban J connectivity index is 2.00. The predicted molar refractivity (Wildman–Crippen MR) is 81.2 cm³/mol. The van der Waals surface area contributed by atoms with Gasteiger partial charge in [0.15, 0.2) is 0 Å². The number of rotatable bonds is 3. The molecule has 3 aromatic rings. The lowest BCUT2D eigenvalue weighted by Gasteiger charge is -2.04. The Morgan fingerprint density at radius 2 is 2.09 bits per heavy atom. The molecule has 5 nitrogen and oxygen atoms in total. The van der Waals surface area contributed by atoms with Crippen molar-refractivity contribution in [2.24, 2.45) is 0 Å². The maximum Gasteiger partial charge on any atom is 0.352 e. The molecule has 0 saturated carbocycles.